The molecule has 0 amide bonds. The number of nitro benzene ring substituents is 1. The average Bonchev–Trinajstić information content (AvgIpc) is 2.67. The second kappa shape index (κ2) is 6.64. The second-order valence-electron chi connectivity index (χ2n) is 6.83. The van der Waals surface area contributed by atoms with Crippen molar-refractivity contribution in [3.8, 4) is 18.2 Å². The van der Waals surface area contributed by atoms with Gasteiger partial charge in [-0.1, -0.05) is 24.3 Å². The van der Waals surface area contributed by atoms with E-state index in [1.807, 2.05) is 30.2 Å². The fourth-order valence-corrected chi connectivity index (χ4v) is 4.21. The Labute approximate surface area is 156 Å². The molecule has 1 aliphatic heterocycles. The molecule has 1 saturated carbocycles. The first-order valence-corrected chi connectivity index (χ1v) is 8.34. The Morgan fingerprint density at radius 2 is 1.96 bits per heavy atom. The van der Waals surface area contributed by atoms with Crippen molar-refractivity contribution in [2.75, 3.05) is 20.1 Å². The highest BCUT2D eigenvalue weighted by Gasteiger charge is 2.58. The summed E-state index contributed by atoms with van der Waals surface area (Å²) in [6.45, 7) is 1.02. The van der Waals surface area contributed by atoms with Crippen molar-refractivity contribution in [1.29, 1.82) is 21.2 Å². The van der Waals surface area contributed by atoms with E-state index in [0.717, 1.165) is 0 Å². The van der Waals surface area contributed by atoms with E-state index in [1.165, 1.54) is 12.1 Å². The number of nitrogens with one attached hydrogen (secondary N) is 1. The molecule has 1 unspecified atom stereocenters. The van der Waals surface area contributed by atoms with Gasteiger partial charge in [0.2, 0.25) is 0 Å². The number of hydrogen-bond acceptors (Lipinski definition) is 7. The zero-order valence-electron chi connectivity index (χ0n) is 14.6. The third-order valence-corrected chi connectivity index (χ3v) is 5.44. The quantitative estimate of drug-likeness (QED) is 0.487. The highest BCUT2D eigenvalue weighted by Crippen LogP contribution is 2.54. The van der Waals surface area contributed by atoms with Crippen LogP contribution >= 0.6 is 0 Å². The van der Waals surface area contributed by atoms with Gasteiger partial charge in [0, 0.05) is 36.6 Å². The van der Waals surface area contributed by atoms with Crippen LogP contribution in [0.25, 0.3) is 0 Å². The summed E-state index contributed by atoms with van der Waals surface area (Å²) >= 11 is 0. The van der Waals surface area contributed by atoms with E-state index in [4.69, 9.17) is 5.41 Å². The summed E-state index contributed by atoms with van der Waals surface area (Å²) in [5.74, 6) is -2.31. The van der Waals surface area contributed by atoms with Crippen LogP contribution in [0.5, 0.6) is 0 Å². The molecule has 2 aliphatic rings. The first-order chi connectivity index (χ1) is 12.9. The molecule has 3 atom stereocenters. The van der Waals surface area contributed by atoms with Crippen molar-refractivity contribution >= 4 is 11.4 Å². The monoisotopic (exact) mass is 360 g/mol. The maximum atomic E-state index is 11.6. The van der Waals surface area contributed by atoms with Gasteiger partial charge in [-0.05, 0) is 12.6 Å². The number of para-hydroxylation sites is 1. The van der Waals surface area contributed by atoms with Gasteiger partial charge in [-0.3, -0.25) is 10.1 Å². The molecule has 1 heterocycles. The first kappa shape index (κ1) is 18.3. The predicted octanol–water partition coefficient (Wildman–Crippen LogP) is 2.37. The molecule has 3 rings (SSSR count). The van der Waals surface area contributed by atoms with Gasteiger partial charge in [0.15, 0.2) is 5.41 Å². The summed E-state index contributed by atoms with van der Waals surface area (Å²) in [7, 11) is 1.87. The lowest BCUT2D eigenvalue weighted by Gasteiger charge is -2.47. The third kappa shape index (κ3) is 2.57. The maximum Gasteiger partial charge on any atom is 0.272 e. The number of likely N-dealkylation sites (N-methyl/N-ethyl adjacent to an activating group) is 1. The van der Waals surface area contributed by atoms with Gasteiger partial charge in [-0.25, -0.2) is 0 Å². The lowest BCUT2D eigenvalue weighted by molar-refractivity contribution is -0.385. The van der Waals surface area contributed by atoms with Crippen LogP contribution in [-0.4, -0.2) is 35.7 Å². The van der Waals surface area contributed by atoms with Crippen LogP contribution in [0.4, 0.5) is 5.69 Å². The first-order valence-electron chi connectivity index (χ1n) is 8.34. The summed E-state index contributed by atoms with van der Waals surface area (Å²) in [4.78, 5) is 13.0. The number of rotatable bonds is 2. The van der Waals surface area contributed by atoms with E-state index in [2.05, 4.69) is 6.07 Å². The Hall–Kier alpha value is -3.54. The lowest BCUT2D eigenvalue weighted by Crippen LogP contribution is -2.52. The van der Waals surface area contributed by atoms with Crippen LogP contribution in [-0.2, 0) is 0 Å². The molecule has 0 saturated heterocycles. The molecule has 134 valence electrons. The fourth-order valence-electron chi connectivity index (χ4n) is 4.21. The predicted molar refractivity (Wildman–Crippen MR) is 95.4 cm³/mol. The van der Waals surface area contributed by atoms with Gasteiger partial charge in [-0.2, -0.15) is 15.8 Å². The van der Waals surface area contributed by atoms with Crippen molar-refractivity contribution in [2.24, 2.45) is 17.3 Å². The van der Waals surface area contributed by atoms with E-state index >= 15 is 0 Å². The van der Waals surface area contributed by atoms with E-state index in [9.17, 15) is 25.9 Å². The molecular weight excluding hydrogens is 344 g/mol. The summed E-state index contributed by atoms with van der Waals surface area (Å²) in [5, 5.41) is 49.5. The minimum Gasteiger partial charge on any atom is -0.305 e. The molecule has 8 heteroatoms. The molecule has 0 spiro atoms. The molecule has 1 N–H and O–H groups in total. The van der Waals surface area contributed by atoms with E-state index in [0.29, 0.717) is 18.7 Å². The zero-order valence-corrected chi connectivity index (χ0v) is 14.6. The largest absolute Gasteiger partial charge is 0.305 e. The number of nitriles is 3. The fraction of sp³-hybridized carbons (Fsp3) is 0.368. The van der Waals surface area contributed by atoms with E-state index < -0.39 is 28.1 Å². The van der Waals surface area contributed by atoms with E-state index in [1.54, 1.807) is 12.1 Å². The normalized spacial score (nSPS) is 26.7. The third-order valence-electron chi connectivity index (χ3n) is 5.44. The zero-order chi connectivity index (χ0) is 19.8. The number of nitro groups is 1. The molecule has 1 aromatic rings. The molecular formula is C19H16N6O2. The average molecular weight is 360 g/mol. The minimum atomic E-state index is -1.94. The Kier molecular flexibility index (Phi) is 4.49. The Morgan fingerprint density at radius 1 is 1.30 bits per heavy atom. The Bertz CT molecular complexity index is 963. The van der Waals surface area contributed by atoms with Crippen LogP contribution < -0.4 is 0 Å². The van der Waals surface area contributed by atoms with Gasteiger partial charge >= 0.3 is 0 Å². The molecule has 0 radical (unpaired) electrons. The maximum absolute atomic E-state index is 11.6. The van der Waals surface area contributed by atoms with Crippen LogP contribution in [0, 0.1) is 66.8 Å². The van der Waals surface area contributed by atoms with Gasteiger partial charge in [0.25, 0.3) is 5.69 Å². The van der Waals surface area contributed by atoms with Crippen molar-refractivity contribution in [2.45, 2.75) is 5.92 Å². The Morgan fingerprint density at radius 3 is 2.56 bits per heavy atom. The molecule has 0 aromatic heterocycles. The highest BCUT2D eigenvalue weighted by atomic mass is 16.6. The molecule has 1 aliphatic carbocycles. The van der Waals surface area contributed by atoms with Crippen molar-refractivity contribution in [3.05, 3.63) is 51.6 Å². The number of fused-ring (bicyclic) bond motifs is 1. The topological polar surface area (TPSA) is 142 Å². The summed E-state index contributed by atoms with van der Waals surface area (Å²) in [6.07, 6.45) is 1.84. The lowest BCUT2D eigenvalue weighted by atomic mass is 9.54. The number of hydrogen-bond donors (Lipinski definition) is 1. The summed E-state index contributed by atoms with van der Waals surface area (Å²) < 4.78 is 0. The Balaban J connectivity index is 2.34. The van der Waals surface area contributed by atoms with Gasteiger partial charge in [0.05, 0.1) is 28.8 Å². The molecule has 27 heavy (non-hydrogen) atoms. The van der Waals surface area contributed by atoms with Gasteiger partial charge in [-0.15, -0.1) is 0 Å². The standard InChI is InChI=1S/C19H16N6O2/c1-24-7-6-12-14(8-20)18(23)19(10-21,11-22)17(15(12)9-24)13-4-2-3-5-16(13)25(26)27/h2-6,14-15,17,23H,7,9H2,1H3/t14?,15-,17-/m0/s1. The van der Waals surface area contributed by atoms with Crippen molar-refractivity contribution in [3.63, 3.8) is 0 Å². The minimum absolute atomic E-state index is 0.187. The van der Waals surface area contributed by atoms with Gasteiger partial charge in [0.1, 0.15) is 5.92 Å². The van der Waals surface area contributed by atoms with Crippen LogP contribution in [0.3, 0.4) is 0 Å². The van der Waals surface area contributed by atoms with Crippen molar-refractivity contribution < 1.29 is 4.92 Å². The SMILES string of the molecule is CN1CC=C2C(C#N)C(=N)C(C#N)(C#N)[C@@H](c3ccccc3[N+](=O)[O-])[C@H]2C1. The molecule has 1 fully saturated rings. The van der Waals surface area contributed by atoms with E-state index in [-0.39, 0.29) is 17.0 Å². The number of benzene rings is 1. The smallest absolute Gasteiger partial charge is 0.272 e. The number of nitrogens with zero attached hydrogens (tertiary/aromatic N) is 5. The van der Waals surface area contributed by atoms with Gasteiger partial charge < -0.3 is 10.3 Å². The second-order valence-corrected chi connectivity index (χ2v) is 6.83. The molecule has 8 nitrogen and oxygen atoms in total. The van der Waals surface area contributed by atoms with Crippen LogP contribution in [0.2, 0.25) is 0 Å². The molecule has 1 aromatic carbocycles. The van der Waals surface area contributed by atoms with Crippen molar-refractivity contribution in [1.82, 2.24) is 4.90 Å². The molecule has 0 bridgehead atoms. The summed E-state index contributed by atoms with van der Waals surface area (Å²) in [6, 6.07) is 12.0. The van der Waals surface area contributed by atoms with Crippen LogP contribution in [0.15, 0.2) is 35.9 Å². The highest BCUT2D eigenvalue weighted by molar-refractivity contribution is 6.01. The van der Waals surface area contributed by atoms with Crippen LogP contribution in [0.1, 0.15) is 11.5 Å². The summed E-state index contributed by atoms with van der Waals surface area (Å²) in [5.41, 5.74) is -1.51.